The van der Waals surface area contributed by atoms with E-state index in [0.29, 0.717) is 12.1 Å². The third-order valence-corrected chi connectivity index (χ3v) is 7.05. The van der Waals surface area contributed by atoms with Gasteiger partial charge in [-0.15, -0.1) is 0 Å². The van der Waals surface area contributed by atoms with Crippen molar-refractivity contribution in [1.82, 2.24) is 5.32 Å². The van der Waals surface area contributed by atoms with Gasteiger partial charge in [-0.3, -0.25) is 9.98 Å². The first-order valence-electron chi connectivity index (χ1n) is 15.5. The Balaban J connectivity index is 3.81. The Bertz CT molecular complexity index is 475. The van der Waals surface area contributed by atoms with Gasteiger partial charge in [0.25, 0.3) is 0 Å². The molecule has 0 aliphatic heterocycles. The predicted molar refractivity (Wildman–Crippen MR) is 162 cm³/mol. The smallest absolute Gasteiger partial charge is 0.0388 e. The van der Waals surface area contributed by atoms with Crippen LogP contribution in [0.3, 0.4) is 0 Å². The lowest BCUT2D eigenvalue weighted by Crippen LogP contribution is -2.37. The van der Waals surface area contributed by atoms with Gasteiger partial charge in [-0.25, -0.2) is 0 Å². The lowest BCUT2D eigenvalue weighted by Gasteiger charge is -2.24. The summed E-state index contributed by atoms with van der Waals surface area (Å²) in [5.41, 5.74) is 2.67. The van der Waals surface area contributed by atoms with Crippen molar-refractivity contribution in [2.24, 2.45) is 21.8 Å². The Hall–Kier alpha value is -0.700. The van der Waals surface area contributed by atoms with Crippen molar-refractivity contribution in [2.45, 2.75) is 170 Å². The molecule has 0 aromatic carbocycles. The normalized spacial score (nSPS) is 14.8. The fourth-order valence-corrected chi connectivity index (χ4v) is 5.06. The molecule has 0 aromatic rings. The number of hydrogen-bond donors (Lipinski definition) is 1. The van der Waals surface area contributed by atoms with Crippen LogP contribution in [0.25, 0.3) is 0 Å². The van der Waals surface area contributed by atoms with Gasteiger partial charge in [-0.2, -0.15) is 0 Å². The third-order valence-electron chi connectivity index (χ3n) is 7.05. The van der Waals surface area contributed by atoms with Gasteiger partial charge in [0.05, 0.1) is 0 Å². The molecule has 0 aliphatic rings. The standard InChI is InChI=1S/C32H65N3/c1-9-31(21-17-13-11-15-19-23-33-29(7)25-27(3)4)35-32(10-2)22-18-14-12-16-20-24-34-30(8)26-28(5)6/h27-28,31-32,35H,9-26H2,1-8H3. The molecule has 0 aliphatic carbocycles. The van der Waals surface area contributed by atoms with Crippen LogP contribution in [0.4, 0.5) is 0 Å². The highest BCUT2D eigenvalue weighted by molar-refractivity contribution is 5.82. The number of unbranched alkanes of at least 4 members (excludes halogenated alkanes) is 8. The van der Waals surface area contributed by atoms with Crippen molar-refractivity contribution in [3.8, 4) is 0 Å². The highest BCUT2D eigenvalue weighted by Gasteiger charge is 2.12. The molecule has 208 valence electrons. The van der Waals surface area contributed by atoms with Gasteiger partial charge in [0.15, 0.2) is 0 Å². The molecule has 0 radical (unpaired) electrons. The molecule has 2 unspecified atom stereocenters. The van der Waals surface area contributed by atoms with Crippen molar-refractivity contribution >= 4 is 11.4 Å². The largest absolute Gasteiger partial charge is 0.311 e. The molecule has 0 aromatic heterocycles. The van der Waals surface area contributed by atoms with Gasteiger partial charge in [-0.1, -0.05) is 92.9 Å². The van der Waals surface area contributed by atoms with E-state index in [2.05, 4.69) is 60.7 Å². The lowest BCUT2D eigenvalue weighted by atomic mass is 10.00. The monoisotopic (exact) mass is 492 g/mol. The summed E-state index contributed by atoms with van der Waals surface area (Å²) in [6.07, 6.45) is 20.9. The maximum atomic E-state index is 4.73. The summed E-state index contributed by atoms with van der Waals surface area (Å²) >= 11 is 0. The van der Waals surface area contributed by atoms with E-state index in [1.807, 2.05) is 0 Å². The van der Waals surface area contributed by atoms with Crippen molar-refractivity contribution in [3.05, 3.63) is 0 Å². The van der Waals surface area contributed by atoms with Crippen molar-refractivity contribution in [2.75, 3.05) is 13.1 Å². The first-order chi connectivity index (χ1) is 16.8. The van der Waals surface area contributed by atoms with E-state index < -0.39 is 0 Å². The maximum Gasteiger partial charge on any atom is 0.0388 e. The number of aliphatic imine (C=N–C) groups is 2. The molecule has 0 bridgehead atoms. The molecule has 0 saturated carbocycles. The zero-order valence-corrected chi connectivity index (χ0v) is 25.4. The fraction of sp³-hybridized carbons (Fsp3) is 0.938. The molecule has 0 spiro atoms. The average Bonchev–Trinajstić information content (AvgIpc) is 2.79. The van der Waals surface area contributed by atoms with Crippen LogP contribution in [0.2, 0.25) is 0 Å². The average molecular weight is 492 g/mol. The van der Waals surface area contributed by atoms with Crippen LogP contribution in [0.5, 0.6) is 0 Å². The topological polar surface area (TPSA) is 36.8 Å². The van der Waals surface area contributed by atoms with Crippen molar-refractivity contribution in [3.63, 3.8) is 0 Å². The second-order valence-corrected chi connectivity index (χ2v) is 11.9. The summed E-state index contributed by atoms with van der Waals surface area (Å²) in [6.45, 7) is 20.2. The van der Waals surface area contributed by atoms with Gasteiger partial charge in [0, 0.05) is 36.6 Å². The van der Waals surface area contributed by atoms with E-state index in [4.69, 9.17) is 9.98 Å². The highest BCUT2D eigenvalue weighted by atomic mass is 14.9. The number of rotatable bonds is 24. The van der Waals surface area contributed by atoms with E-state index >= 15 is 0 Å². The number of nitrogens with one attached hydrogen (secondary N) is 1. The lowest BCUT2D eigenvalue weighted by molar-refractivity contribution is 0.356. The molecule has 0 amide bonds. The minimum Gasteiger partial charge on any atom is -0.311 e. The molecular weight excluding hydrogens is 426 g/mol. The first kappa shape index (κ1) is 34.3. The van der Waals surface area contributed by atoms with Crippen LogP contribution >= 0.6 is 0 Å². The Kier molecular flexibility index (Phi) is 23.2. The van der Waals surface area contributed by atoms with Crippen LogP contribution < -0.4 is 5.32 Å². The summed E-state index contributed by atoms with van der Waals surface area (Å²) in [6, 6.07) is 1.41. The Morgan fingerprint density at radius 2 is 0.886 bits per heavy atom. The highest BCUT2D eigenvalue weighted by Crippen LogP contribution is 2.14. The fourth-order valence-electron chi connectivity index (χ4n) is 5.06. The molecule has 0 rings (SSSR count). The zero-order valence-electron chi connectivity index (χ0n) is 25.4. The van der Waals surface area contributed by atoms with Gasteiger partial charge in [-0.05, 0) is 77.0 Å². The van der Waals surface area contributed by atoms with E-state index in [9.17, 15) is 0 Å². The first-order valence-corrected chi connectivity index (χ1v) is 15.5. The van der Waals surface area contributed by atoms with Gasteiger partial charge in [0.1, 0.15) is 0 Å². The molecule has 0 fully saturated rings. The second-order valence-electron chi connectivity index (χ2n) is 11.9. The summed E-state index contributed by atoms with van der Waals surface area (Å²) < 4.78 is 0. The van der Waals surface area contributed by atoms with E-state index in [-0.39, 0.29) is 0 Å². The molecule has 1 N–H and O–H groups in total. The minimum absolute atomic E-state index is 0.704. The van der Waals surface area contributed by atoms with Crippen LogP contribution in [0.15, 0.2) is 9.98 Å². The molecule has 3 heteroatoms. The maximum absolute atomic E-state index is 4.73. The van der Waals surface area contributed by atoms with E-state index in [1.165, 1.54) is 101 Å². The molecule has 0 saturated heterocycles. The minimum atomic E-state index is 0.704. The Labute approximate surface area is 221 Å². The van der Waals surface area contributed by atoms with Crippen LogP contribution in [-0.4, -0.2) is 36.6 Å². The number of nitrogens with zero attached hydrogens (tertiary/aromatic N) is 2. The molecule has 35 heavy (non-hydrogen) atoms. The van der Waals surface area contributed by atoms with Crippen LogP contribution in [0, 0.1) is 11.8 Å². The summed E-state index contributed by atoms with van der Waals surface area (Å²) in [7, 11) is 0. The van der Waals surface area contributed by atoms with Crippen LogP contribution in [-0.2, 0) is 0 Å². The second kappa shape index (κ2) is 23.7. The molecule has 0 heterocycles. The molecular formula is C32H65N3. The Morgan fingerprint density at radius 1 is 0.543 bits per heavy atom. The summed E-state index contributed by atoms with van der Waals surface area (Å²) in [5.74, 6) is 1.45. The molecule has 3 nitrogen and oxygen atoms in total. The zero-order chi connectivity index (χ0) is 26.3. The molecule has 2 atom stereocenters. The van der Waals surface area contributed by atoms with Crippen molar-refractivity contribution < 1.29 is 0 Å². The van der Waals surface area contributed by atoms with Crippen LogP contribution in [0.1, 0.15) is 158 Å². The predicted octanol–water partition coefficient (Wildman–Crippen LogP) is 9.83. The van der Waals surface area contributed by atoms with Gasteiger partial charge in [0.2, 0.25) is 0 Å². The van der Waals surface area contributed by atoms with Gasteiger partial charge >= 0.3 is 0 Å². The summed E-state index contributed by atoms with van der Waals surface area (Å²) in [5, 5.41) is 4.00. The van der Waals surface area contributed by atoms with Gasteiger partial charge < -0.3 is 5.32 Å². The quantitative estimate of drug-likeness (QED) is 0.106. The summed E-state index contributed by atoms with van der Waals surface area (Å²) in [4.78, 5) is 9.46. The number of hydrogen-bond acceptors (Lipinski definition) is 3. The van der Waals surface area contributed by atoms with E-state index in [1.54, 1.807) is 0 Å². The van der Waals surface area contributed by atoms with E-state index in [0.717, 1.165) is 37.8 Å². The Morgan fingerprint density at radius 3 is 1.23 bits per heavy atom. The third kappa shape index (κ3) is 23.4. The SMILES string of the molecule is CCC(CCCCCCCN=C(C)CC(C)C)NC(CC)CCCCCCCN=C(C)CC(C)C. The van der Waals surface area contributed by atoms with Crippen molar-refractivity contribution in [1.29, 1.82) is 0 Å².